The molecular formula is C26H16N2O2S4. The molecule has 8 heterocycles. The summed E-state index contributed by atoms with van der Waals surface area (Å²) in [5.74, 6) is 0. The third kappa shape index (κ3) is 1.95. The SMILES string of the molecule is Cc1cc2c(s1)c1sc3c4cc5oc6c(sc7c8sc(C)cc8n(C)c67)c5cc4oc3c1n2C. The van der Waals surface area contributed by atoms with Crippen molar-refractivity contribution in [1.29, 1.82) is 0 Å². The summed E-state index contributed by atoms with van der Waals surface area (Å²) < 4.78 is 25.5. The van der Waals surface area contributed by atoms with E-state index < -0.39 is 0 Å². The van der Waals surface area contributed by atoms with Gasteiger partial charge in [0, 0.05) is 34.6 Å². The maximum Gasteiger partial charge on any atom is 0.170 e. The second-order valence-corrected chi connectivity index (χ2v) is 13.7. The van der Waals surface area contributed by atoms with Crippen LogP contribution >= 0.6 is 45.3 Å². The minimum atomic E-state index is 0.939. The fourth-order valence-electron chi connectivity index (χ4n) is 5.65. The minimum absolute atomic E-state index is 0.939. The Morgan fingerprint density at radius 3 is 1.44 bits per heavy atom. The Hall–Kier alpha value is -2.78. The van der Waals surface area contributed by atoms with Gasteiger partial charge in [-0.3, -0.25) is 0 Å². The molecule has 0 amide bonds. The molecule has 0 bridgehead atoms. The van der Waals surface area contributed by atoms with E-state index in [1.54, 1.807) is 0 Å². The van der Waals surface area contributed by atoms with Crippen LogP contribution in [0, 0.1) is 13.8 Å². The van der Waals surface area contributed by atoms with E-state index in [1.807, 2.05) is 45.3 Å². The maximum absolute atomic E-state index is 6.55. The number of aryl methyl sites for hydroxylation is 4. The van der Waals surface area contributed by atoms with Gasteiger partial charge in [0.05, 0.1) is 39.2 Å². The van der Waals surface area contributed by atoms with Crippen molar-refractivity contribution in [2.75, 3.05) is 0 Å². The van der Waals surface area contributed by atoms with Crippen molar-refractivity contribution in [2.45, 2.75) is 13.8 Å². The van der Waals surface area contributed by atoms with Crippen LogP contribution in [0.25, 0.3) is 83.4 Å². The van der Waals surface area contributed by atoms with E-state index in [-0.39, 0.29) is 0 Å². The third-order valence-electron chi connectivity index (χ3n) is 7.15. The van der Waals surface area contributed by atoms with Gasteiger partial charge in [0.1, 0.15) is 22.2 Å². The van der Waals surface area contributed by atoms with Gasteiger partial charge < -0.3 is 18.0 Å². The molecule has 0 unspecified atom stereocenters. The minimum Gasteiger partial charge on any atom is -0.453 e. The first-order valence-corrected chi connectivity index (χ1v) is 14.3. The van der Waals surface area contributed by atoms with E-state index in [4.69, 9.17) is 8.83 Å². The van der Waals surface area contributed by atoms with E-state index in [0.29, 0.717) is 0 Å². The van der Waals surface area contributed by atoms with Crippen LogP contribution < -0.4 is 0 Å². The molecule has 0 saturated heterocycles. The fourth-order valence-corrected chi connectivity index (χ4v) is 10.6. The van der Waals surface area contributed by atoms with Crippen LogP contribution in [0.1, 0.15) is 9.75 Å². The van der Waals surface area contributed by atoms with Crippen LogP contribution in [-0.4, -0.2) is 9.13 Å². The standard InChI is InChI=1S/C26H16N2O2S4/c1-9-5-13-23(31-9)25-17(27(13)3)19-21(33-25)11-7-16-12(8-15(11)29-19)22-20(30-16)18-26(34-22)24-14(28(18)4)6-10(2)32-24/h5-8H,1-4H3. The van der Waals surface area contributed by atoms with Crippen molar-refractivity contribution < 1.29 is 8.83 Å². The molecule has 0 aliphatic rings. The lowest BCUT2D eigenvalue weighted by Crippen LogP contribution is -1.84. The van der Waals surface area contributed by atoms with Gasteiger partial charge in [-0.25, -0.2) is 0 Å². The number of thiophene rings is 4. The summed E-state index contributed by atoms with van der Waals surface area (Å²) in [5.41, 5.74) is 8.86. The summed E-state index contributed by atoms with van der Waals surface area (Å²) in [5, 5.41) is 2.29. The van der Waals surface area contributed by atoms with E-state index in [2.05, 4.69) is 61.3 Å². The van der Waals surface area contributed by atoms with Crippen LogP contribution in [0.15, 0.2) is 33.1 Å². The first kappa shape index (κ1) is 18.5. The lowest BCUT2D eigenvalue weighted by molar-refractivity contribution is 0.666. The van der Waals surface area contributed by atoms with Gasteiger partial charge in [-0.05, 0) is 38.1 Å². The van der Waals surface area contributed by atoms with Crippen LogP contribution in [0.5, 0.6) is 0 Å². The number of aromatic nitrogens is 2. The average Bonchev–Trinajstić information content (AvgIpc) is 3.61. The van der Waals surface area contributed by atoms with Crippen molar-refractivity contribution in [3.8, 4) is 0 Å². The molecule has 0 aliphatic heterocycles. The normalized spacial score (nSPS) is 13.3. The van der Waals surface area contributed by atoms with E-state index >= 15 is 0 Å². The topological polar surface area (TPSA) is 36.1 Å². The van der Waals surface area contributed by atoms with Gasteiger partial charge in [-0.15, -0.1) is 45.3 Å². The Morgan fingerprint density at radius 1 is 0.559 bits per heavy atom. The Morgan fingerprint density at radius 2 is 1.00 bits per heavy atom. The summed E-state index contributed by atoms with van der Waals surface area (Å²) in [7, 11) is 4.30. The smallest absolute Gasteiger partial charge is 0.170 e. The molecule has 9 rings (SSSR count). The van der Waals surface area contributed by atoms with Crippen LogP contribution in [0.4, 0.5) is 0 Å². The highest BCUT2D eigenvalue weighted by Crippen LogP contribution is 2.50. The molecule has 1 aromatic carbocycles. The molecule has 0 spiro atoms. The molecule has 0 N–H and O–H groups in total. The average molecular weight is 517 g/mol. The number of rotatable bonds is 0. The van der Waals surface area contributed by atoms with Gasteiger partial charge in [0.15, 0.2) is 11.2 Å². The Kier molecular flexibility index (Phi) is 3.11. The van der Waals surface area contributed by atoms with Crippen LogP contribution in [0.3, 0.4) is 0 Å². The first-order valence-electron chi connectivity index (χ1n) is 11.0. The Labute approximate surface area is 207 Å². The lowest BCUT2D eigenvalue weighted by Gasteiger charge is -1.93. The number of benzene rings is 1. The molecule has 0 saturated carbocycles. The molecule has 8 heteroatoms. The summed E-state index contributed by atoms with van der Waals surface area (Å²) in [6, 6.07) is 8.94. The predicted octanol–water partition coefficient (Wildman–Crippen LogP) is 9.64. The lowest BCUT2D eigenvalue weighted by atomic mass is 10.2. The zero-order valence-electron chi connectivity index (χ0n) is 18.7. The highest BCUT2D eigenvalue weighted by molar-refractivity contribution is 7.32. The summed E-state index contributed by atoms with van der Waals surface area (Å²) >= 11 is 7.42. The highest BCUT2D eigenvalue weighted by atomic mass is 32.1. The van der Waals surface area contributed by atoms with Gasteiger partial charge >= 0.3 is 0 Å². The van der Waals surface area contributed by atoms with Crippen LogP contribution in [-0.2, 0) is 14.1 Å². The second kappa shape index (κ2) is 5.71. The zero-order valence-corrected chi connectivity index (χ0v) is 21.9. The van der Waals surface area contributed by atoms with Crippen molar-refractivity contribution in [2.24, 2.45) is 14.1 Å². The Bertz CT molecular complexity index is 2170. The number of fused-ring (bicyclic) bond motifs is 14. The molecule has 166 valence electrons. The summed E-state index contributed by atoms with van der Waals surface area (Å²) in [4.78, 5) is 2.69. The van der Waals surface area contributed by atoms with Crippen LogP contribution in [0.2, 0.25) is 0 Å². The second-order valence-electron chi connectivity index (χ2n) is 9.19. The Balaban J connectivity index is 1.40. The van der Waals surface area contributed by atoms with Gasteiger partial charge in [-0.1, -0.05) is 0 Å². The molecule has 4 nitrogen and oxygen atoms in total. The molecule has 0 radical (unpaired) electrons. The predicted molar refractivity (Wildman–Crippen MR) is 150 cm³/mol. The number of hydrogen-bond acceptors (Lipinski definition) is 6. The quantitative estimate of drug-likeness (QED) is 0.201. The molecule has 34 heavy (non-hydrogen) atoms. The third-order valence-corrected chi connectivity index (χ3v) is 11.9. The number of furan rings is 2. The summed E-state index contributed by atoms with van der Waals surface area (Å²) in [6.07, 6.45) is 0. The van der Waals surface area contributed by atoms with Gasteiger partial charge in [0.2, 0.25) is 0 Å². The van der Waals surface area contributed by atoms with Crippen molar-refractivity contribution in [3.63, 3.8) is 0 Å². The highest BCUT2D eigenvalue weighted by Gasteiger charge is 2.25. The van der Waals surface area contributed by atoms with Crippen molar-refractivity contribution in [1.82, 2.24) is 9.13 Å². The van der Waals surface area contributed by atoms with Gasteiger partial charge in [0.25, 0.3) is 0 Å². The van der Waals surface area contributed by atoms with Crippen molar-refractivity contribution >= 4 is 129 Å². The first-order chi connectivity index (χ1) is 16.5. The molecule has 0 fully saturated rings. The largest absolute Gasteiger partial charge is 0.453 e. The maximum atomic E-state index is 6.55. The zero-order chi connectivity index (χ0) is 22.6. The summed E-state index contributed by atoms with van der Waals surface area (Å²) in [6.45, 7) is 4.36. The molecule has 9 aromatic rings. The number of hydrogen-bond donors (Lipinski definition) is 0. The molecular weight excluding hydrogens is 501 g/mol. The number of nitrogens with zero attached hydrogens (tertiary/aromatic N) is 2. The molecule has 0 aliphatic carbocycles. The molecule has 0 atom stereocenters. The van der Waals surface area contributed by atoms with E-state index in [9.17, 15) is 0 Å². The van der Waals surface area contributed by atoms with E-state index in [1.165, 1.54) is 60.0 Å². The van der Waals surface area contributed by atoms with E-state index in [0.717, 1.165) is 33.1 Å². The molecule has 8 aromatic heterocycles. The monoisotopic (exact) mass is 516 g/mol. The fraction of sp³-hybridized carbons (Fsp3) is 0.154. The van der Waals surface area contributed by atoms with Gasteiger partial charge in [-0.2, -0.15) is 0 Å². The van der Waals surface area contributed by atoms with Crippen molar-refractivity contribution in [3.05, 3.63) is 34.0 Å².